The molecular formula is C16H30N6O6. The van der Waals surface area contributed by atoms with Gasteiger partial charge in [0.1, 0.15) is 12.0 Å². The van der Waals surface area contributed by atoms with Crippen molar-refractivity contribution in [1.29, 1.82) is 0 Å². The second kappa shape index (κ2) is 14.5. The first-order chi connectivity index (χ1) is 13.1. The fourth-order valence-electron chi connectivity index (χ4n) is 1.58. The number of hydrogen-bond acceptors (Lipinski definition) is 8. The highest BCUT2D eigenvalue weighted by molar-refractivity contribution is 5.90. The third-order valence-corrected chi connectivity index (χ3v) is 3.25. The van der Waals surface area contributed by atoms with Gasteiger partial charge in [-0.3, -0.25) is 34.6 Å². The zero-order valence-electron chi connectivity index (χ0n) is 16.4. The molecule has 28 heavy (non-hydrogen) atoms. The predicted octanol–water partition coefficient (Wildman–Crippen LogP) is -3.85. The lowest BCUT2D eigenvalue weighted by Gasteiger charge is -2.10. The van der Waals surface area contributed by atoms with Crippen LogP contribution in [0.15, 0.2) is 0 Å². The summed E-state index contributed by atoms with van der Waals surface area (Å²) in [6.07, 6.45) is -0.848. The zero-order valence-corrected chi connectivity index (χ0v) is 16.4. The Hall–Kier alpha value is -2.57. The van der Waals surface area contributed by atoms with Crippen LogP contribution in [0.1, 0.15) is 20.8 Å². The molecule has 0 saturated heterocycles. The van der Waals surface area contributed by atoms with Crippen LogP contribution in [0.3, 0.4) is 0 Å². The zero-order chi connectivity index (χ0) is 21.5. The summed E-state index contributed by atoms with van der Waals surface area (Å²) >= 11 is 0. The number of aliphatic hydroxyl groups excluding tert-OH is 1. The lowest BCUT2D eigenvalue weighted by atomic mass is 10.1. The number of hydrogen-bond donors (Lipinski definition) is 7. The molecular weight excluding hydrogens is 372 g/mol. The third kappa shape index (κ3) is 14.6. The smallest absolute Gasteiger partial charge is 0.240 e. The Morgan fingerprint density at radius 1 is 0.679 bits per heavy atom. The van der Waals surface area contributed by atoms with Crippen molar-refractivity contribution in [3.05, 3.63) is 0 Å². The van der Waals surface area contributed by atoms with Crippen LogP contribution < -0.4 is 31.9 Å². The molecule has 0 aliphatic heterocycles. The van der Waals surface area contributed by atoms with Crippen LogP contribution in [0.5, 0.6) is 0 Å². The van der Waals surface area contributed by atoms with Crippen LogP contribution in [0.2, 0.25) is 0 Å². The summed E-state index contributed by atoms with van der Waals surface area (Å²) in [6.45, 7) is 4.12. The first kappa shape index (κ1) is 25.4. The van der Waals surface area contributed by atoms with E-state index in [4.69, 9.17) is 5.11 Å². The maximum atomic E-state index is 11.6. The van der Waals surface area contributed by atoms with E-state index >= 15 is 0 Å². The average molecular weight is 402 g/mol. The molecule has 0 rings (SSSR count). The highest BCUT2D eigenvalue weighted by atomic mass is 16.3. The van der Waals surface area contributed by atoms with E-state index in [1.165, 1.54) is 6.92 Å². The topological polar surface area (TPSA) is 178 Å². The molecule has 0 aromatic heterocycles. The molecule has 1 unspecified atom stereocenters. The average Bonchev–Trinajstić information content (AvgIpc) is 2.64. The summed E-state index contributed by atoms with van der Waals surface area (Å²) in [5.74, 6) is -2.17. The summed E-state index contributed by atoms with van der Waals surface area (Å²) in [6, 6.07) is 0. The van der Waals surface area contributed by atoms with Gasteiger partial charge in [-0.1, -0.05) is 13.8 Å². The predicted molar refractivity (Wildman–Crippen MR) is 99.6 cm³/mol. The van der Waals surface area contributed by atoms with Crippen LogP contribution >= 0.6 is 0 Å². The number of nitrogens with one attached hydrogen (secondary N) is 6. The molecule has 0 heterocycles. The highest BCUT2D eigenvalue weighted by Crippen LogP contribution is 1.91. The van der Waals surface area contributed by atoms with Crippen LogP contribution in [0.4, 0.5) is 0 Å². The number of carbonyl (C=O) groups excluding carboxylic acids is 5. The van der Waals surface area contributed by atoms with Crippen molar-refractivity contribution in [1.82, 2.24) is 31.9 Å². The Balaban J connectivity index is 3.77. The molecule has 1 atom stereocenters. The van der Waals surface area contributed by atoms with Crippen molar-refractivity contribution in [2.24, 2.45) is 5.92 Å². The maximum Gasteiger partial charge on any atom is 0.240 e. The number of ketones is 1. The van der Waals surface area contributed by atoms with Gasteiger partial charge < -0.3 is 26.4 Å². The van der Waals surface area contributed by atoms with Gasteiger partial charge in [0.25, 0.3) is 0 Å². The summed E-state index contributed by atoms with van der Waals surface area (Å²) in [5.41, 5.74) is 0. The van der Waals surface area contributed by atoms with Crippen molar-refractivity contribution >= 4 is 29.4 Å². The Morgan fingerprint density at radius 3 is 1.54 bits per heavy atom. The lowest BCUT2D eigenvalue weighted by molar-refractivity contribution is -0.128. The summed E-state index contributed by atoms with van der Waals surface area (Å²) < 4.78 is 0. The van der Waals surface area contributed by atoms with Gasteiger partial charge in [0.05, 0.1) is 39.4 Å². The van der Waals surface area contributed by atoms with Crippen molar-refractivity contribution in [2.75, 3.05) is 39.4 Å². The van der Waals surface area contributed by atoms with Gasteiger partial charge in [0.2, 0.25) is 23.6 Å². The fourth-order valence-corrected chi connectivity index (χ4v) is 1.58. The molecule has 0 aliphatic carbocycles. The van der Waals surface area contributed by atoms with E-state index in [1.807, 2.05) is 0 Å². The SMILES string of the molecule is CC(O)NCC(=O)NCC(=O)NCC(=O)NCC(=O)NCNCC(=O)C(C)C. The molecule has 0 spiro atoms. The Labute approximate surface area is 163 Å². The molecule has 0 aromatic rings. The minimum atomic E-state index is -0.848. The minimum absolute atomic E-state index is 0.0219. The first-order valence-electron chi connectivity index (χ1n) is 8.83. The van der Waals surface area contributed by atoms with E-state index in [0.29, 0.717) is 0 Å². The van der Waals surface area contributed by atoms with Crippen molar-refractivity contribution < 1.29 is 29.1 Å². The van der Waals surface area contributed by atoms with Gasteiger partial charge in [-0.2, -0.15) is 0 Å². The molecule has 0 saturated carbocycles. The second-order valence-corrected chi connectivity index (χ2v) is 6.21. The Bertz CT molecular complexity index is 552. The minimum Gasteiger partial charge on any atom is -0.379 e. The molecule has 0 fully saturated rings. The van der Waals surface area contributed by atoms with Crippen LogP contribution in [0.25, 0.3) is 0 Å². The van der Waals surface area contributed by atoms with E-state index in [9.17, 15) is 24.0 Å². The lowest BCUT2D eigenvalue weighted by Crippen LogP contribution is -2.46. The van der Waals surface area contributed by atoms with Crippen molar-refractivity contribution in [3.8, 4) is 0 Å². The first-order valence-corrected chi connectivity index (χ1v) is 8.83. The third-order valence-electron chi connectivity index (χ3n) is 3.25. The highest BCUT2D eigenvalue weighted by Gasteiger charge is 2.10. The van der Waals surface area contributed by atoms with E-state index in [-0.39, 0.29) is 51.1 Å². The van der Waals surface area contributed by atoms with Crippen molar-refractivity contribution in [2.45, 2.75) is 27.0 Å². The number of aliphatic hydroxyl groups is 1. The van der Waals surface area contributed by atoms with Crippen molar-refractivity contribution in [3.63, 3.8) is 0 Å². The fraction of sp³-hybridized carbons (Fsp3) is 0.688. The van der Waals surface area contributed by atoms with Gasteiger partial charge in [0.15, 0.2) is 0 Å². The quantitative estimate of drug-likeness (QED) is 0.114. The van der Waals surface area contributed by atoms with Gasteiger partial charge in [-0.05, 0) is 6.92 Å². The Morgan fingerprint density at radius 2 is 1.11 bits per heavy atom. The molecule has 12 nitrogen and oxygen atoms in total. The van der Waals surface area contributed by atoms with Gasteiger partial charge >= 0.3 is 0 Å². The summed E-state index contributed by atoms with van der Waals surface area (Å²) in [4.78, 5) is 57.3. The standard InChI is InChI=1S/C16H30N6O6/c1-10(2)12(24)4-17-9-22-16(28)8-21-15(27)7-20-14(26)6-19-13(25)5-18-11(3)23/h10-11,17-18,23H,4-9H2,1-3H3,(H,19,25)(H,20,26)(H,21,27)(H,22,28). The van der Waals surface area contributed by atoms with Gasteiger partial charge in [-0.15, -0.1) is 0 Å². The number of rotatable bonds is 14. The molecule has 0 aromatic carbocycles. The van der Waals surface area contributed by atoms with E-state index in [0.717, 1.165) is 0 Å². The van der Waals surface area contributed by atoms with Gasteiger partial charge in [0, 0.05) is 5.92 Å². The molecule has 4 amide bonds. The normalized spacial score (nSPS) is 11.5. The van der Waals surface area contributed by atoms with E-state index in [1.54, 1.807) is 13.8 Å². The van der Waals surface area contributed by atoms with E-state index < -0.39 is 29.9 Å². The Kier molecular flexibility index (Phi) is 13.2. The summed E-state index contributed by atoms with van der Waals surface area (Å²) in [7, 11) is 0. The van der Waals surface area contributed by atoms with Crippen LogP contribution in [-0.4, -0.2) is 80.1 Å². The molecule has 0 bridgehead atoms. The van der Waals surface area contributed by atoms with E-state index in [2.05, 4.69) is 31.9 Å². The molecule has 160 valence electrons. The molecule has 7 N–H and O–H groups in total. The molecule has 0 radical (unpaired) electrons. The number of carbonyl (C=O) groups is 5. The number of Topliss-reactive ketones (excluding diaryl/α,β-unsaturated/α-hetero) is 1. The monoisotopic (exact) mass is 402 g/mol. The van der Waals surface area contributed by atoms with Crippen LogP contribution in [-0.2, 0) is 24.0 Å². The van der Waals surface area contributed by atoms with Gasteiger partial charge in [-0.25, -0.2) is 0 Å². The maximum absolute atomic E-state index is 11.6. The van der Waals surface area contributed by atoms with Crippen LogP contribution in [0, 0.1) is 5.92 Å². The molecule has 0 aliphatic rings. The summed E-state index contributed by atoms with van der Waals surface area (Å²) in [5, 5.41) is 23.6. The second-order valence-electron chi connectivity index (χ2n) is 6.21. The molecule has 12 heteroatoms. The number of amides is 4. The largest absolute Gasteiger partial charge is 0.379 e.